The quantitative estimate of drug-likeness (QED) is 0.774. The Morgan fingerprint density at radius 3 is 2.61 bits per heavy atom. The van der Waals surface area contributed by atoms with Gasteiger partial charge in [-0.15, -0.1) is 0 Å². The number of esters is 1. The normalized spacial score (nSPS) is 16.2. The minimum atomic E-state index is -0.462. The molecular formula is C21H21ClN2O4. The first-order valence-electron chi connectivity index (χ1n) is 9.04. The zero-order valence-corrected chi connectivity index (χ0v) is 16.5. The Bertz CT molecular complexity index is 911. The second-order valence-corrected chi connectivity index (χ2v) is 6.98. The van der Waals surface area contributed by atoms with E-state index in [1.807, 2.05) is 13.0 Å². The summed E-state index contributed by atoms with van der Waals surface area (Å²) in [5, 5.41) is 3.39. The monoisotopic (exact) mass is 400 g/mol. The van der Waals surface area contributed by atoms with E-state index in [2.05, 4.69) is 5.32 Å². The molecule has 2 aromatic rings. The van der Waals surface area contributed by atoms with E-state index in [0.717, 1.165) is 11.3 Å². The molecule has 1 saturated heterocycles. The van der Waals surface area contributed by atoms with Crippen LogP contribution < -0.4 is 10.2 Å². The van der Waals surface area contributed by atoms with Crippen LogP contribution in [0.1, 0.15) is 29.3 Å². The Kier molecular flexibility index (Phi) is 5.99. The first kappa shape index (κ1) is 19.9. The summed E-state index contributed by atoms with van der Waals surface area (Å²) < 4.78 is 4.94. The Balaban J connectivity index is 1.66. The van der Waals surface area contributed by atoms with Gasteiger partial charge in [0.05, 0.1) is 18.1 Å². The highest BCUT2D eigenvalue weighted by Crippen LogP contribution is 2.31. The van der Waals surface area contributed by atoms with Crippen LogP contribution in [0.2, 0.25) is 5.02 Å². The van der Waals surface area contributed by atoms with Crippen LogP contribution in [0.4, 0.5) is 11.4 Å². The summed E-state index contributed by atoms with van der Waals surface area (Å²) in [5.41, 5.74) is 2.51. The lowest BCUT2D eigenvalue weighted by Crippen LogP contribution is -2.28. The molecule has 146 valence electrons. The van der Waals surface area contributed by atoms with E-state index in [1.54, 1.807) is 48.2 Å². The lowest BCUT2D eigenvalue weighted by atomic mass is 10.1. The smallest absolute Gasteiger partial charge is 0.338 e. The number of amides is 2. The van der Waals surface area contributed by atoms with Crippen LogP contribution in [0, 0.1) is 12.8 Å². The molecule has 2 amide bonds. The second-order valence-electron chi connectivity index (χ2n) is 6.58. The minimum Gasteiger partial charge on any atom is -0.462 e. The molecule has 0 radical (unpaired) electrons. The maximum atomic E-state index is 12.6. The molecule has 1 atom stereocenters. The van der Waals surface area contributed by atoms with E-state index in [9.17, 15) is 14.4 Å². The van der Waals surface area contributed by atoms with Crippen LogP contribution in [0.25, 0.3) is 0 Å². The van der Waals surface area contributed by atoms with Gasteiger partial charge in [0.1, 0.15) is 0 Å². The van der Waals surface area contributed by atoms with Crippen LogP contribution in [0.3, 0.4) is 0 Å². The van der Waals surface area contributed by atoms with E-state index in [1.165, 1.54) is 0 Å². The van der Waals surface area contributed by atoms with Gasteiger partial charge < -0.3 is 15.0 Å². The van der Waals surface area contributed by atoms with Gasteiger partial charge in [-0.3, -0.25) is 9.59 Å². The lowest BCUT2D eigenvalue weighted by Gasteiger charge is -2.19. The summed E-state index contributed by atoms with van der Waals surface area (Å²) in [5.74, 6) is -1.22. The molecule has 1 aliphatic heterocycles. The number of halogens is 1. The molecule has 0 aliphatic carbocycles. The van der Waals surface area contributed by atoms with Crippen LogP contribution in [-0.2, 0) is 14.3 Å². The lowest BCUT2D eigenvalue weighted by molar-refractivity contribution is -0.122. The Morgan fingerprint density at radius 2 is 1.93 bits per heavy atom. The van der Waals surface area contributed by atoms with Crippen molar-refractivity contribution < 1.29 is 19.1 Å². The predicted octanol–water partition coefficient (Wildman–Crippen LogP) is 3.82. The molecule has 1 heterocycles. The number of nitrogens with zero attached hydrogens (tertiary/aromatic N) is 1. The van der Waals surface area contributed by atoms with Gasteiger partial charge in [-0.1, -0.05) is 17.7 Å². The standard InChI is InChI=1S/C21H21ClN2O4/c1-3-28-21(27)14-7-9-16(10-8-14)23-20(26)15-11-19(25)24(12-15)18-6-4-5-17(22)13(18)2/h4-10,15H,3,11-12H2,1-2H3,(H,23,26)/t15-/m0/s1. The van der Waals surface area contributed by atoms with Gasteiger partial charge in [0, 0.05) is 29.4 Å². The van der Waals surface area contributed by atoms with Crippen molar-refractivity contribution in [3.05, 3.63) is 58.6 Å². The molecule has 2 aromatic carbocycles. The number of rotatable bonds is 5. The number of carbonyl (C=O) groups excluding carboxylic acids is 3. The van der Waals surface area contributed by atoms with Gasteiger partial charge in [0.15, 0.2) is 0 Å². The fraction of sp³-hybridized carbons (Fsp3) is 0.286. The van der Waals surface area contributed by atoms with Crippen LogP contribution in [0.15, 0.2) is 42.5 Å². The Labute approximate surface area is 168 Å². The van der Waals surface area contributed by atoms with E-state index >= 15 is 0 Å². The molecule has 0 spiro atoms. The van der Waals surface area contributed by atoms with Crippen LogP contribution in [0.5, 0.6) is 0 Å². The van der Waals surface area contributed by atoms with E-state index in [0.29, 0.717) is 29.4 Å². The molecule has 6 nitrogen and oxygen atoms in total. The van der Waals surface area contributed by atoms with Gasteiger partial charge in [-0.05, 0) is 55.8 Å². The molecule has 1 N–H and O–H groups in total. The van der Waals surface area contributed by atoms with Gasteiger partial charge >= 0.3 is 5.97 Å². The highest BCUT2D eigenvalue weighted by atomic mass is 35.5. The molecule has 28 heavy (non-hydrogen) atoms. The van der Waals surface area contributed by atoms with Gasteiger partial charge in [0.25, 0.3) is 0 Å². The molecule has 3 rings (SSSR count). The van der Waals surface area contributed by atoms with Crippen molar-refractivity contribution in [2.75, 3.05) is 23.4 Å². The van der Waals surface area contributed by atoms with E-state index in [-0.39, 0.29) is 18.2 Å². The summed E-state index contributed by atoms with van der Waals surface area (Å²) in [7, 11) is 0. The summed E-state index contributed by atoms with van der Waals surface area (Å²) in [4.78, 5) is 38.3. The van der Waals surface area contributed by atoms with Crippen molar-refractivity contribution in [3.8, 4) is 0 Å². The zero-order valence-electron chi connectivity index (χ0n) is 15.7. The number of hydrogen-bond donors (Lipinski definition) is 1. The number of nitrogens with one attached hydrogen (secondary N) is 1. The number of anilines is 2. The van der Waals surface area contributed by atoms with Gasteiger partial charge in [-0.2, -0.15) is 0 Å². The van der Waals surface area contributed by atoms with Crippen molar-refractivity contribution >= 4 is 40.8 Å². The average Bonchev–Trinajstić information content (AvgIpc) is 3.06. The Morgan fingerprint density at radius 1 is 1.21 bits per heavy atom. The third kappa shape index (κ3) is 4.17. The average molecular weight is 401 g/mol. The topological polar surface area (TPSA) is 75.7 Å². The number of benzene rings is 2. The largest absolute Gasteiger partial charge is 0.462 e. The van der Waals surface area contributed by atoms with Crippen molar-refractivity contribution in [1.29, 1.82) is 0 Å². The molecule has 0 saturated carbocycles. The molecule has 7 heteroatoms. The third-order valence-corrected chi connectivity index (χ3v) is 5.10. The maximum absolute atomic E-state index is 12.6. The summed E-state index contributed by atoms with van der Waals surface area (Å²) in [6.07, 6.45) is 0.138. The highest BCUT2D eigenvalue weighted by molar-refractivity contribution is 6.31. The fourth-order valence-corrected chi connectivity index (χ4v) is 3.32. The van der Waals surface area contributed by atoms with E-state index < -0.39 is 11.9 Å². The van der Waals surface area contributed by atoms with Gasteiger partial charge in [0.2, 0.25) is 11.8 Å². The first-order valence-corrected chi connectivity index (χ1v) is 9.42. The fourth-order valence-electron chi connectivity index (χ4n) is 3.15. The molecule has 1 aliphatic rings. The highest BCUT2D eigenvalue weighted by Gasteiger charge is 2.35. The molecular weight excluding hydrogens is 380 g/mol. The third-order valence-electron chi connectivity index (χ3n) is 4.69. The molecule has 0 unspecified atom stereocenters. The predicted molar refractivity (Wildman–Crippen MR) is 108 cm³/mol. The number of hydrogen-bond acceptors (Lipinski definition) is 4. The number of ether oxygens (including phenoxy) is 1. The zero-order chi connectivity index (χ0) is 20.3. The van der Waals surface area contributed by atoms with E-state index in [4.69, 9.17) is 16.3 Å². The number of carbonyl (C=O) groups is 3. The maximum Gasteiger partial charge on any atom is 0.338 e. The van der Waals surface area contributed by atoms with Crippen molar-refractivity contribution in [2.24, 2.45) is 5.92 Å². The van der Waals surface area contributed by atoms with Crippen LogP contribution in [-0.4, -0.2) is 30.9 Å². The SMILES string of the molecule is CCOC(=O)c1ccc(NC(=O)[C@H]2CC(=O)N(c3cccc(Cl)c3C)C2)cc1. The minimum absolute atomic E-state index is 0.108. The van der Waals surface area contributed by atoms with Gasteiger partial charge in [-0.25, -0.2) is 4.79 Å². The van der Waals surface area contributed by atoms with Crippen molar-refractivity contribution in [3.63, 3.8) is 0 Å². The second kappa shape index (κ2) is 8.44. The summed E-state index contributed by atoms with van der Waals surface area (Å²) in [6, 6.07) is 11.8. The summed E-state index contributed by atoms with van der Waals surface area (Å²) in [6.45, 7) is 4.19. The Hall–Kier alpha value is -2.86. The van der Waals surface area contributed by atoms with Crippen LogP contribution >= 0.6 is 11.6 Å². The summed E-state index contributed by atoms with van der Waals surface area (Å²) >= 11 is 6.15. The van der Waals surface area contributed by atoms with Crippen molar-refractivity contribution in [2.45, 2.75) is 20.3 Å². The van der Waals surface area contributed by atoms with Crippen molar-refractivity contribution in [1.82, 2.24) is 0 Å². The molecule has 0 bridgehead atoms. The first-order chi connectivity index (χ1) is 13.4. The molecule has 0 aromatic heterocycles. The molecule has 1 fully saturated rings.